The van der Waals surface area contributed by atoms with Crippen LogP contribution in [0.1, 0.15) is 77.1 Å². The van der Waals surface area contributed by atoms with E-state index in [1.807, 2.05) is 36.4 Å². The van der Waals surface area contributed by atoms with Crippen molar-refractivity contribution in [2.75, 3.05) is 5.32 Å². The average Bonchev–Trinajstić information content (AvgIpc) is 2.63. The molecule has 0 spiro atoms. The summed E-state index contributed by atoms with van der Waals surface area (Å²) in [6.07, 6.45) is 0.966. The van der Waals surface area contributed by atoms with Crippen LogP contribution in [0.3, 0.4) is 0 Å². The van der Waals surface area contributed by atoms with Gasteiger partial charge in [-0.1, -0.05) is 65.8 Å². The monoisotopic (exact) mass is 424 g/mol. The van der Waals surface area contributed by atoms with Gasteiger partial charge in [0.25, 0.3) is 0 Å². The molecular weight excluding hydrogens is 388 g/mol. The van der Waals surface area contributed by atoms with Gasteiger partial charge in [0.2, 0.25) is 11.8 Å². The van der Waals surface area contributed by atoms with E-state index < -0.39 is 0 Å². The first-order valence-corrected chi connectivity index (χ1v) is 10.8. The molecule has 0 aliphatic heterocycles. The molecule has 31 heavy (non-hydrogen) atoms. The van der Waals surface area contributed by atoms with Crippen molar-refractivity contribution in [2.24, 2.45) is 0 Å². The molecule has 2 rings (SSSR count). The Labute approximate surface area is 186 Å². The highest BCUT2D eigenvalue weighted by Gasteiger charge is 2.26. The second-order valence-electron chi connectivity index (χ2n) is 10.2. The predicted molar refractivity (Wildman–Crippen MR) is 126 cm³/mol. The van der Waals surface area contributed by atoms with E-state index in [0.29, 0.717) is 30.8 Å². The van der Waals surface area contributed by atoms with Gasteiger partial charge in [0, 0.05) is 25.6 Å². The van der Waals surface area contributed by atoms with E-state index in [2.05, 4.69) is 52.2 Å². The van der Waals surface area contributed by atoms with E-state index in [4.69, 9.17) is 0 Å². The lowest BCUT2D eigenvalue weighted by molar-refractivity contribution is -0.121. The fraction of sp³-hybridized carbons (Fsp3) is 0.462. The van der Waals surface area contributed by atoms with Gasteiger partial charge in [0.05, 0.1) is 0 Å². The minimum atomic E-state index is -0.193. The number of anilines is 1. The first-order chi connectivity index (χ1) is 14.3. The number of hydrogen-bond acceptors (Lipinski definition) is 3. The summed E-state index contributed by atoms with van der Waals surface area (Å²) in [6, 6.07) is 11.5. The summed E-state index contributed by atoms with van der Waals surface area (Å²) in [5.41, 5.74) is 4.12. The van der Waals surface area contributed by atoms with E-state index in [-0.39, 0.29) is 22.6 Å². The summed E-state index contributed by atoms with van der Waals surface area (Å²) in [7, 11) is 0. The molecule has 0 saturated heterocycles. The number of carbonyl (C=O) groups excluding carboxylic acids is 2. The van der Waals surface area contributed by atoms with Crippen molar-refractivity contribution in [2.45, 2.75) is 78.7 Å². The summed E-state index contributed by atoms with van der Waals surface area (Å²) in [5, 5.41) is 16.5. The number of phenolic OH excluding ortho intramolecular Hbond substituents is 1. The van der Waals surface area contributed by atoms with Crippen LogP contribution in [-0.4, -0.2) is 16.9 Å². The first kappa shape index (κ1) is 24.4. The molecule has 5 nitrogen and oxygen atoms in total. The van der Waals surface area contributed by atoms with Crippen molar-refractivity contribution >= 4 is 17.5 Å². The van der Waals surface area contributed by atoms with Crippen LogP contribution in [0.5, 0.6) is 5.75 Å². The summed E-state index contributed by atoms with van der Waals surface area (Å²) in [6.45, 7) is 14.4. The highest BCUT2D eigenvalue weighted by atomic mass is 16.3. The van der Waals surface area contributed by atoms with Crippen molar-refractivity contribution in [1.82, 2.24) is 5.32 Å². The fourth-order valence-corrected chi connectivity index (χ4v) is 3.49. The number of nitrogens with one attached hydrogen (secondary N) is 2. The fourth-order valence-electron chi connectivity index (χ4n) is 3.49. The maximum atomic E-state index is 12.5. The number of benzene rings is 2. The van der Waals surface area contributed by atoms with E-state index >= 15 is 0 Å². The molecule has 2 aromatic rings. The second kappa shape index (κ2) is 9.54. The third kappa shape index (κ3) is 7.12. The molecule has 0 aliphatic carbocycles. The Morgan fingerprint density at radius 2 is 1.48 bits per heavy atom. The Kier molecular flexibility index (Phi) is 7.53. The zero-order valence-corrected chi connectivity index (χ0v) is 19.8. The van der Waals surface area contributed by atoms with Gasteiger partial charge < -0.3 is 15.7 Å². The summed E-state index contributed by atoms with van der Waals surface area (Å²) < 4.78 is 0. The average molecular weight is 425 g/mol. The maximum absolute atomic E-state index is 12.5. The van der Waals surface area contributed by atoms with Crippen LogP contribution in [0, 0.1) is 0 Å². The Balaban J connectivity index is 2.07. The minimum Gasteiger partial charge on any atom is -0.507 e. The molecule has 3 N–H and O–H groups in total. The molecule has 0 aliphatic rings. The van der Waals surface area contributed by atoms with Crippen LogP contribution in [0.25, 0.3) is 0 Å². The number of carbonyl (C=O) groups is 2. The number of amides is 2. The molecule has 0 unspecified atom stereocenters. The van der Waals surface area contributed by atoms with Gasteiger partial charge in [-0.25, -0.2) is 0 Å². The Morgan fingerprint density at radius 3 is 2.00 bits per heavy atom. The van der Waals surface area contributed by atoms with Crippen LogP contribution in [0.15, 0.2) is 36.4 Å². The van der Waals surface area contributed by atoms with E-state index in [0.717, 1.165) is 22.3 Å². The SMILES string of the molecule is CC(=O)Nc1cccc(CNC(=O)CCc2cc(C(C)(C)C)c(O)c(C(C)(C)C)c2)c1. The smallest absolute Gasteiger partial charge is 0.221 e. The number of rotatable bonds is 6. The number of aryl methyl sites for hydroxylation is 1. The van der Waals surface area contributed by atoms with E-state index in [9.17, 15) is 14.7 Å². The molecule has 0 bridgehead atoms. The molecule has 0 aromatic heterocycles. The van der Waals surface area contributed by atoms with Gasteiger partial charge in [-0.05, 0) is 51.6 Å². The lowest BCUT2D eigenvalue weighted by Gasteiger charge is -2.28. The minimum absolute atomic E-state index is 0.0346. The lowest BCUT2D eigenvalue weighted by atomic mass is 9.78. The maximum Gasteiger partial charge on any atom is 0.221 e. The van der Waals surface area contributed by atoms with Crippen LogP contribution < -0.4 is 10.6 Å². The summed E-state index contributed by atoms with van der Waals surface area (Å²) in [4.78, 5) is 23.7. The third-order valence-corrected chi connectivity index (χ3v) is 5.16. The largest absolute Gasteiger partial charge is 0.507 e. The van der Waals surface area contributed by atoms with Gasteiger partial charge in [0.1, 0.15) is 5.75 Å². The second-order valence-corrected chi connectivity index (χ2v) is 10.2. The van der Waals surface area contributed by atoms with Gasteiger partial charge in [0.15, 0.2) is 0 Å². The Hall–Kier alpha value is -2.82. The molecular formula is C26H36N2O3. The molecule has 2 amide bonds. The van der Waals surface area contributed by atoms with Crippen LogP contribution in [0.4, 0.5) is 5.69 Å². The first-order valence-electron chi connectivity index (χ1n) is 10.8. The van der Waals surface area contributed by atoms with E-state index in [1.165, 1.54) is 6.92 Å². The summed E-state index contributed by atoms with van der Waals surface area (Å²) >= 11 is 0. The van der Waals surface area contributed by atoms with E-state index in [1.54, 1.807) is 0 Å². The highest BCUT2D eigenvalue weighted by molar-refractivity contribution is 5.88. The lowest BCUT2D eigenvalue weighted by Crippen LogP contribution is -2.23. The molecule has 2 aromatic carbocycles. The van der Waals surface area contributed by atoms with Crippen molar-refractivity contribution in [3.63, 3.8) is 0 Å². The zero-order valence-electron chi connectivity index (χ0n) is 19.8. The molecule has 0 saturated carbocycles. The number of aromatic hydroxyl groups is 1. The molecule has 168 valence electrons. The van der Waals surface area contributed by atoms with Crippen molar-refractivity contribution in [1.29, 1.82) is 0 Å². The normalized spacial score (nSPS) is 11.8. The molecule has 0 fully saturated rings. The molecule has 0 atom stereocenters. The standard InChI is InChI=1S/C26H36N2O3/c1-17(29)28-20-10-8-9-19(13-20)16-27-23(30)12-11-18-14-21(25(2,3)4)24(31)22(15-18)26(5,6)7/h8-10,13-15,31H,11-12,16H2,1-7H3,(H,27,30)(H,28,29). The number of phenols is 1. The van der Waals surface area contributed by atoms with Crippen molar-refractivity contribution < 1.29 is 14.7 Å². The van der Waals surface area contributed by atoms with Gasteiger partial charge in [-0.15, -0.1) is 0 Å². The van der Waals surface area contributed by atoms with Crippen LogP contribution >= 0.6 is 0 Å². The quantitative estimate of drug-likeness (QED) is 0.597. The summed E-state index contributed by atoms with van der Waals surface area (Å²) in [5.74, 6) is 0.194. The predicted octanol–water partition coefficient (Wildman–Crippen LogP) is 5.19. The van der Waals surface area contributed by atoms with Crippen LogP contribution in [-0.2, 0) is 33.4 Å². The van der Waals surface area contributed by atoms with Gasteiger partial charge >= 0.3 is 0 Å². The molecule has 0 radical (unpaired) electrons. The topological polar surface area (TPSA) is 78.4 Å². The molecule has 0 heterocycles. The van der Waals surface area contributed by atoms with Crippen molar-refractivity contribution in [3.05, 3.63) is 58.7 Å². The van der Waals surface area contributed by atoms with Crippen molar-refractivity contribution in [3.8, 4) is 5.75 Å². The zero-order chi connectivity index (χ0) is 23.4. The number of hydrogen-bond donors (Lipinski definition) is 3. The molecule has 5 heteroatoms. The van der Waals surface area contributed by atoms with Crippen LogP contribution in [0.2, 0.25) is 0 Å². The van der Waals surface area contributed by atoms with Gasteiger partial charge in [-0.2, -0.15) is 0 Å². The van der Waals surface area contributed by atoms with Gasteiger partial charge in [-0.3, -0.25) is 9.59 Å². The Morgan fingerprint density at radius 1 is 0.903 bits per heavy atom. The highest BCUT2D eigenvalue weighted by Crippen LogP contribution is 2.39. The third-order valence-electron chi connectivity index (χ3n) is 5.16. The Bertz CT molecular complexity index is 915.